The van der Waals surface area contributed by atoms with Gasteiger partial charge in [-0.25, -0.2) is 9.97 Å². The maximum absolute atomic E-state index is 5.91. The molecule has 1 aliphatic rings. The zero-order chi connectivity index (χ0) is 9.97. The van der Waals surface area contributed by atoms with Crippen LogP contribution in [0.1, 0.15) is 12.8 Å². The fourth-order valence-corrected chi connectivity index (χ4v) is 2.21. The average Bonchev–Trinajstić information content (AvgIpc) is 2.18. The molecule has 14 heavy (non-hydrogen) atoms. The summed E-state index contributed by atoms with van der Waals surface area (Å²) in [6, 6.07) is 0.269. The zero-order valence-electron chi connectivity index (χ0n) is 7.86. The van der Waals surface area contributed by atoms with E-state index >= 15 is 0 Å². The Morgan fingerprint density at radius 3 is 3.14 bits per heavy atom. The number of nitrogens with zero attached hydrogens (tertiary/aromatic N) is 3. The fourth-order valence-electron chi connectivity index (χ4n) is 1.74. The smallest absolute Gasteiger partial charge is 0.146 e. The molecule has 0 aliphatic carbocycles. The zero-order valence-corrected chi connectivity index (χ0v) is 9.44. The number of piperidine rings is 1. The lowest BCUT2D eigenvalue weighted by atomic mass is 10.1. The van der Waals surface area contributed by atoms with Crippen LogP contribution in [0.15, 0.2) is 17.0 Å². The molecular formula is C9H13BrN4. The van der Waals surface area contributed by atoms with Crippen molar-refractivity contribution in [2.45, 2.75) is 18.9 Å². The van der Waals surface area contributed by atoms with Crippen molar-refractivity contribution in [1.82, 2.24) is 9.97 Å². The standard InChI is InChI=1S/C9H13BrN4/c10-8-4-12-6-13-9(8)14-3-1-2-7(11)5-14/h4,6-7H,1-3,5,11H2/t7-/m1/s1. The number of nitrogens with two attached hydrogens (primary N) is 1. The predicted molar refractivity (Wildman–Crippen MR) is 59.2 cm³/mol. The van der Waals surface area contributed by atoms with Crippen molar-refractivity contribution >= 4 is 21.7 Å². The lowest BCUT2D eigenvalue weighted by molar-refractivity contribution is 0.502. The van der Waals surface area contributed by atoms with Crippen molar-refractivity contribution in [3.05, 3.63) is 17.0 Å². The molecule has 1 aromatic heterocycles. The highest BCUT2D eigenvalue weighted by Gasteiger charge is 2.19. The van der Waals surface area contributed by atoms with Gasteiger partial charge in [-0.1, -0.05) is 0 Å². The number of anilines is 1. The minimum absolute atomic E-state index is 0.269. The predicted octanol–water partition coefficient (Wildman–Crippen LogP) is 1.17. The second-order valence-electron chi connectivity index (χ2n) is 3.54. The molecule has 2 heterocycles. The number of hydrogen-bond acceptors (Lipinski definition) is 4. The van der Waals surface area contributed by atoms with Crippen LogP contribution in [-0.2, 0) is 0 Å². The molecule has 0 amide bonds. The van der Waals surface area contributed by atoms with Crippen LogP contribution >= 0.6 is 15.9 Å². The van der Waals surface area contributed by atoms with Crippen LogP contribution in [-0.4, -0.2) is 29.1 Å². The number of halogens is 1. The summed E-state index contributed by atoms with van der Waals surface area (Å²) in [6.45, 7) is 1.92. The normalized spacial score (nSPS) is 22.4. The Labute approximate surface area is 91.7 Å². The quantitative estimate of drug-likeness (QED) is 0.820. The SMILES string of the molecule is N[C@@H]1CCCN(c2ncncc2Br)C1. The summed E-state index contributed by atoms with van der Waals surface area (Å²) in [5.74, 6) is 0.954. The minimum Gasteiger partial charge on any atom is -0.354 e. The lowest BCUT2D eigenvalue weighted by Crippen LogP contribution is -2.43. The van der Waals surface area contributed by atoms with E-state index in [-0.39, 0.29) is 6.04 Å². The summed E-state index contributed by atoms with van der Waals surface area (Å²) < 4.78 is 0.939. The molecular weight excluding hydrogens is 244 g/mol. The summed E-state index contributed by atoms with van der Waals surface area (Å²) >= 11 is 3.44. The van der Waals surface area contributed by atoms with Crippen LogP contribution in [0, 0.1) is 0 Å². The minimum atomic E-state index is 0.269. The second kappa shape index (κ2) is 4.23. The first-order valence-corrected chi connectivity index (χ1v) is 5.52. The van der Waals surface area contributed by atoms with Gasteiger partial charge in [0.1, 0.15) is 12.1 Å². The molecule has 1 aromatic rings. The van der Waals surface area contributed by atoms with Gasteiger partial charge in [0, 0.05) is 25.3 Å². The summed E-state index contributed by atoms with van der Waals surface area (Å²) in [5, 5.41) is 0. The van der Waals surface area contributed by atoms with E-state index in [4.69, 9.17) is 5.73 Å². The molecule has 0 radical (unpaired) electrons. The molecule has 1 atom stereocenters. The van der Waals surface area contributed by atoms with Crippen molar-refractivity contribution in [1.29, 1.82) is 0 Å². The number of aromatic nitrogens is 2. The second-order valence-corrected chi connectivity index (χ2v) is 4.40. The van der Waals surface area contributed by atoms with Crippen LogP contribution in [0.5, 0.6) is 0 Å². The average molecular weight is 257 g/mol. The van der Waals surface area contributed by atoms with E-state index in [0.29, 0.717) is 0 Å². The van der Waals surface area contributed by atoms with E-state index in [1.165, 1.54) is 0 Å². The Hall–Kier alpha value is -0.680. The monoisotopic (exact) mass is 256 g/mol. The summed E-state index contributed by atoms with van der Waals surface area (Å²) in [7, 11) is 0. The van der Waals surface area contributed by atoms with Crippen LogP contribution in [0.4, 0.5) is 5.82 Å². The third-order valence-corrected chi connectivity index (χ3v) is 2.96. The van der Waals surface area contributed by atoms with Crippen LogP contribution in [0.3, 0.4) is 0 Å². The molecule has 1 saturated heterocycles. The molecule has 5 heteroatoms. The lowest BCUT2D eigenvalue weighted by Gasteiger charge is -2.31. The summed E-state index contributed by atoms with van der Waals surface area (Å²) in [6.07, 6.45) is 5.58. The molecule has 2 N–H and O–H groups in total. The molecule has 76 valence electrons. The number of hydrogen-bond donors (Lipinski definition) is 1. The van der Waals surface area contributed by atoms with Gasteiger partial charge in [0.2, 0.25) is 0 Å². The van der Waals surface area contributed by atoms with Crippen molar-refractivity contribution in [2.75, 3.05) is 18.0 Å². The van der Waals surface area contributed by atoms with Gasteiger partial charge in [-0.05, 0) is 28.8 Å². The highest BCUT2D eigenvalue weighted by atomic mass is 79.9. The Kier molecular flexibility index (Phi) is 2.98. The van der Waals surface area contributed by atoms with E-state index in [0.717, 1.165) is 36.2 Å². The topological polar surface area (TPSA) is 55.0 Å². The Morgan fingerprint density at radius 1 is 1.57 bits per heavy atom. The van der Waals surface area contributed by atoms with Crippen LogP contribution in [0.2, 0.25) is 0 Å². The molecule has 1 aliphatic heterocycles. The Morgan fingerprint density at radius 2 is 2.43 bits per heavy atom. The third kappa shape index (κ3) is 2.04. The van der Waals surface area contributed by atoms with Gasteiger partial charge in [0.25, 0.3) is 0 Å². The molecule has 0 saturated carbocycles. The maximum Gasteiger partial charge on any atom is 0.146 e. The highest BCUT2D eigenvalue weighted by molar-refractivity contribution is 9.10. The summed E-state index contributed by atoms with van der Waals surface area (Å²) in [4.78, 5) is 10.4. The van der Waals surface area contributed by atoms with Gasteiger partial charge in [-0.3, -0.25) is 0 Å². The maximum atomic E-state index is 5.91. The molecule has 0 bridgehead atoms. The van der Waals surface area contributed by atoms with Crippen molar-refractivity contribution in [2.24, 2.45) is 5.73 Å². The fraction of sp³-hybridized carbons (Fsp3) is 0.556. The van der Waals surface area contributed by atoms with Gasteiger partial charge in [0.15, 0.2) is 0 Å². The largest absolute Gasteiger partial charge is 0.354 e. The van der Waals surface area contributed by atoms with E-state index in [1.54, 1.807) is 12.5 Å². The van der Waals surface area contributed by atoms with Gasteiger partial charge in [-0.15, -0.1) is 0 Å². The van der Waals surface area contributed by atoms with E-state index < -0.39 is 0 Å². The van der Waals surface area contributed by atoms with Gasteiger partial charge >= 0.3 is 0 Å². The van der Waals surface area contributed by atoms with Gasteiger partial charge < -0.3 is 10.6 Å². The third-order valence-electron chi connectivity index (χ3n) is 2.41. The molecule has 0 aromatic carbocycles. The first-order valence-electron chi connectivity index (χ1n) is 4.73. The van der Waals surface area contributed by atoms with Crippen molar-refractivity contribution < 1.29 is 0 Å². The highest BCUT2D eigenvalue weighted by Crippen LogP contribution is 2.24. The van der Waals surface area contributed by atoms with E-state index in [9.17, 15) is 0 Å². The Balaban J connectivity index is 2.18. The molecule has 0 spiro atoms. The van der Waals surface area contributed by atoms with Crippen molar-refractivity contribution in [3.63, 3.8) is 0 Å². The number of rotatable bonds is 1. The van der Waals surface area contributed by atoms with E-state index in [1.807, 2.05) is 0 Å². The molecule has 2 rings (SSSR count). The van der Waals surface area contributed by atoms with Crippen LogP contribution in [0.25, 0.3) is 0 Å². The molecule has 0 unspecified atom stereocenters. The van der Waals surface area contributed by atoms with Gasteiger partial charge in [-0.2, -0.15) is 0 Å². The van der Waals surface area contributed by atoms with E-state index in [2.05, 4.69) is 30.8 Å². The van der Waals surface area contributed by atoms with Crippen LogP contribution < -0.4 is 10.6 Å². The molecule has 4 nitrogen and oxygen atoms in total. The van der Waals surface area contributed by atoms with Crippen molar-refractivity contribution in [3.8, 4) is 0 Å². The Bertz CT molecular complexity index is 317. The molecule has 1 fully saturated rings. The van der Waals surface area contributed by atoms with Gasteiger partial charge in [0.05, 0.1) is 4.47 Å². The summed E-state index contributed by atoms with van der Waals surface area (Å²) in [5.41, 5.74) is 5.91. The first-order chi connectivity index (χ1) is 6.77. The first kappa shape index (κ1) is 9.86.